The lowest BCUT2D eigenvalue weighted by Gasteiger charge is -2.40. The Morgan fingerprint density at radius 1 is 0.964 bits per heavy atom. The van der Waals surface area contributed by atoms with E-state index in [0.29, 0.717) is 6.04 Å². The molecule has 4 rings (SSSR count). The van der Waals surface area contributed by atoms with Crippen LogP contribution in [0.5, 0.6) is 0 Å². The normalized spacial score (nSPS) is 18.8. The zero-order valence-corrected chi connectivity index (χ0v) is 15.8. The van der Waals surface area contributed by atoms with E-state index in [0.717, 1.165) is 56.7 Å². The van der Waals surface area contributed by atoms with Crippen molar-refractivity contribution < 1.29 is 9.31 Å². The van der Waals surface area contributed by atoms with Gasteiger partial charge in [-0.3, -0.25) is 15.0 Å². The third-order valence-corrected chi connectivity index (χ3v) is 5.86. The summed E-state index contributed by atoms with van der Waals surface area (Å²) in [6.07, 6.45) is 5.46. The lowest BCUT2D eigenvalue weighted by molar-refractivity contribution is -0.384. The SMILES string of the molecule is O=[N+]([O-])c1ccc(N2CCC(N3CC=C(c4ccc(F)cc4)CC3)CC2)cc1. The predicted molar refractivity (Wildman–Crippen MR) is 109 cm³/mol. The first-order valence-electron chi connectivity index (χ1n) is 9.78. The van der Waals surface area contributed by atoms with E-state index in [1.807, 2.05) is 24.3 Å². The molecule has 2 heterocycles. The summed E-state index contributed by atoms with van der Waals surface area (Å²) >= 11 is 0. The molecule has 0 N–H and O–H groups in total. The average molecular weight is 381 g/mol. The van der Waals surface area contributed by atoms with Crippen LogP contribution in [-0.2, 0) is 0 Å². The van der Waals surface area contributed by atoms with Gasteiger partial charge in [-0.05, 0) is 54.7 Å². The van der Waals surface area contributed by atoms with Crippen molar-refractivity contribution in [1.29, 1.82) is 0 Å². The molecule has 0 aliphatic carbocycles. The van der Waals surface area contributed by atoms with E-state index < -0.39 is 0 Å². The Morgan fingerprint density at radius 3 is 2.21 bits per heavy atom. The van der Waals surface area contributed by atoms with E-state index >= 15 is 0 Å². The Labute approximate surface area is 164 Å². The van der Waals surface area contributed by atoms with E-state index in [1.54, 1.807) is 12.1 Å². The summed E-state index contributed by atoms with van der Waals surface area (Å²) in [4.78, 5) is 15.3. The molecule has 28 heavy (non-hydrogen) atoms. The Hall–Kier alpha value is -2.73. The predicted octanol–water partition coefficient (Wildman–Crippen LogP) is 4.49. The first kappa shape index (κ1) is 18.6. The van der Waals surface area contributed by atoms with Gasteiger partial charge in [0.25, 0.3) is 5.69 Å². The minimum absolute atomic E-state index is 0.135. The second kappa shape index (κ2) is 8.10. The van der Waals surface area contributed by atoms with Gasteiger partial charge in [-0.2, -0.15) is 0 Å². The van der Waals surface area contributed by atoms with Gasteiger partial charge in [0.15, 0.2) is 0 Å². The maximum absolute atomic E-state index is 13.1. The highest BCUT2D eigenvalue weighted by molar-refractivity contribution is 5.66. The number of halogens is 1. The third kappa shape index (κ3) is 4.07. The number of rotatable bonds is 4. The second-order valence-electron chi connectivity index (χ2n) is 7.47. The van der Waals surface area contributed by atoms with Gasteiger partial charge in [0.1, 0.15) is 5.82 Å². The van der Waals surface area contributed by atoms with Crippen molar-refractivity contribution in [2.45, 2.75) is 25.3 Å². The summed E-state index contributed by atoms with van der Waals surface area (Å²) in [5.74, 6) is -0.193. The Bertz CT molecular complexity index is 856. The van der Waals surface area contributed by atoms with Crippen LogP contribution in [0.15, 0.2) is 54.6 Å². The molecule has 0 aromatic heterocycles. The summed E-state index contributed by atoms with van der Waals surface area (Å²) in [5, 5.41) is 10.8. The van der Waals surface area contributed by atoms with Crippen LogP contribution in [0.2, 0.25) is 0 Å². The molecule has 2 aromatic rings. The van der Waals surface area contributed by atoms with Crippen LogP contribution in [0.3, 0.4) is 0 Å². The molecular weight excluding hydrogens is 357 g/mol. The summed E-state index contributed by atoms with van der Waals surface area (Å²) in [6, 6.07) is 14.2. The lowest BCUT2D eigenvalue weighted by atomic mass is 9.96. The molecule has 0 unspecified atom stereocenters. The van der Waals surface area contributed by atoms with Gasteiger partial charge in [0, 0.05) is 50.0 Å². The van der Waals surface area contributed by atoms with E-state index in [2.05, 4.69) is 15.9 Å². The van der Waals surface area contributed by atoms with Crippen molar-refractivity contribution in [2.24, 2.45) is 0 Å². The van der Waals surface area contributed by atoms with Crippen LogP contribution < -0.4 is 4.90 Å². The number of hydrogen-bond acceptors (Lipinski definition) is 4. The molecule has 0 bridgehead atoms. The Morgan fingerprint density at radius 2 is 1.64 bits per heavy atom. The van der Waals surface area contributed by atoms with Crippen molar-refractivity contribution >= 4 is 16.9 Å². The van der Waals surface area contributed by atoms with E-state index in [-0.39, 0.29) is 16.4 Å². The largest absolute Gasteiger partial charge is 0.371 e. The molecule has 2 aromatic carbocycles. The van der Waals surface area contributed by atoms with Crippen LogP contribution in [-0.4, -0.2) is 42.0 Å². The molecule has 1 fully saturated rings. The monoisotopic (exact) mass is 381 g/mol. The maximum atomic E-state index is 13.1. The molecule has 2 aliphatic heterocycles. The summed E-state index contributed by atoms with van der Waals surface area (Å²) in [7, 11) is 0. The minimum atomic E-state index is -0.361. The highest BCUT2D eigenvalue weighted by Crippen LogP contribution is 2.28. The van der Waals surface area contributed by atoms with Gasteiger partial charge < -0.3 is 4.90 Å². The van der Waals surface area contributed by atoms with Crippen molar-refractivity contribution in [3.8, 4) is 0 Å². The van der Waals surface area contributed by atoms with E-state index in [4.69, 9.17) is 0 Å². The maximum Gasteiger partial charge on any atom is 0.269 e. The number of anilines is 1. The van der Waals surface area contributed by atoms with Gasteiger partial charge in [0.05, 0.1) is 4.92 Å². The van der Waals surface area contributed by atoms with Crippen LogP contribution in [0.25, 0.3) is 5.57 Å². The molecule has 0 atom stereocenters. The lowest BCUT2D eigenvalue weighted by Crippen LogP contribution is -2.46. The highest BCUT2D eigenvalue weighted by atomic mass is 19.1. The fourth-order valence-corrected chi connectivity index (χ4v) is 4.22. The third-order valence-electron chi connectivity index (χ3n) is 5.86. The molecule has 1 saturated heterocycles. The molecule has 0 spiro atoms. The molecular formula is C22H24FN3O2. The number of benzene rings is 2. The Balaban J connectivity index is 1.32. The summed E-state index contributed by atoms with van der Waals surface area (Å²) < 4.78 is 13.1. The molecule has 0 radical (unpaired) electrons. The topological polar surface area (TPSA) is 49.6 Å². The molecule has 2 aliphatic rings. The number of hydrogen-bond donors (Lipinski definition) is 0. The van der Waals surface area contributed by atoms with Crippen molar-refractivity contribution in [3.05, 3.63) is 76.1 Å². The van der Waals surface area contributed by atoms with Gasteiger partial charge >= 0.3 is 0 Å². The first-order valence-corrected chi connectivity index (χ1v) is 9.78. The second-order valence-corrected chi connectivity index (χ2v) is 7.47. The van der Waals surface area contributed by atoms with Crippen molar-refractivity contribution in [3.63, 3.8) is 0 Å². The van der Waals surface area contributed by atoms with Crippen LogP contribution in [0.1, 0.15) is 24.8 Å². The minimum Gasteiger partial charge on any atom is -0.371 e. The first-order chi connectivity index (χ1) is 13.6. The van der Waals surface area contributed by atoms with Crippen LogP contribution in [0.4, 0.5) is 15.8 Å². The van der Waals surface area contributed by atoms with Gasteiger partial charge in [-0.1, -0.05) is 18.2 Å². The summed E-state index contributed by atoms with van der Waals surface area (Å²) in [5.41, 5.74) is 3.62. The molecule has 6 heteroatoms. The number of non-ortho nitro benzene ring substituents is 1. The van der Waals surface area contributed by atoms with E-state index in [9.17, 15) is 14.5 Å². The van der Waals surface area contributed by atoms with Crippen molar-refractivity contribution in [1.82, 2.24) is 4.90 Å². The standard InChI is InChI=1S/C22H24FN3O2/c23-19-3-1-17(2-4-19)18-9-13-24(14-10-18)21-11-15-25(16-12-21)20-5-7-22(8-6-20)26(27)28/h1-9,21H,10-16H2. The zero-order valence-electron chi connectivity index (χ0n) is 15.8. The Kier molecular flexibility index (Phi) is 5.39. The summed E-state index contributed by atoms with van der Waals surface area (Å²) in [6.45, 7) is 3.90. The molecule has 146 valence electrons. The van der Waals surface area contributed by atoms with Crippen molar-refractivity contribution in [2.75, 3.05) is 31.1 Å². The smallest absolute Gasteiger partial charge is 0.269 e. The number of nitro benzene ring substituents is 1. The molecule has 0 saturated carbocycles. The quantitative estimate of drug-likeness (QED) is 0.578. The average Bonchev–Trinajstić information content (AvgIpc) is 2.75. The fourth-order valence-electron chi connectivity index (χ4n) is 4.22. The molecule has 5 nitrogen and oxygen atoms in total. The van der Waals surface area contributed by atoms with Crippen LogP contribution in [0, 0.1) is 15.9 Å². The fraction of sp³-hybridized carbons (Fsp3) is 0.364. The number of nitro groups is 1. The highest BCUT2D eigenvalue weighted by Gasteiger charge is 2.26. The van der Waals surface area contributed by atoms with Gasteiger partial charge in [0.2, 0.25) is 0 Å². The number of piperidine rings is 1. The number of nitrogens with zero attached hydrogens (tertiary/aromatic N) is 3. The molecule has 0 amide bonds. The van der Waals surface area contributed by atoms with Gasteiger partial charge in [-0.15, -0.1) is 0 Å². The van der Waals surface area contributed by atoms with E-state index in [1.165, 1.54) is 17.7 Å². The van der Waals surface area contributed by atoms with Gasteiger partial charge in [-0.25, -0.2) is 4.39 Å². The van der Waals surface area contributed by atoms with Crippen LogP contribution >= 0.6 is 0 Å². The zero-order chi connectivity index (χ0) is 19.5.